The van der Waals surface area contributed by atoms with Crippen molar-refractivity contribution in [3.05, 3.63) is 83.6 Å². The van der Waals surface area contributed by atoms with Gasteiger partial charge in [0.15, 0.2) is 0 Å². The van der Waals surface area contributed by atoms with Crippen LogP contribution in [0.3, 0.4) is 0 Å². The molecule has 2 aromatic carbocycles. The van der Waals surface area contributed by atoms with Gasteiger partial charge in [0, 0.05) is 18.3 Å². The Hall–Kier alpha value is -3.18. The molecule has 28 heavy (non-hydrogen) atoms. The van der Waals surface area contributed by atoms with Crippen molar-refractivity contribution in [2.24, 2.45) is 0 Å². The Bertz CT molecular complexity index is 919. The number of carbonyl (C=O) groups excluding carboxylic acids is 1. The SMILES string of the molecule is COC(=O)c1ccnc(-c2ccc(OCc3ccc(CN(C)C)cc3)cc2)c1. The lowest BCUT2D eigenvalue weighted by Gasteiger charge is -2.11. The van der Waals surface area contributed by atoms with E-state index in [-0.39, 0.29) is 5.97 Å². The largest absolute Gasteiger partial charge is 0.489 e. The molecule has 0 aliphatic rings. The number of pyridine rings is 1. The molecule has 0 N–H and O–H groups in total. The molecule has 144 valence electrons. The molecule has 0 radical (unpaired) electrons. The summed E-state index contributed by atoms with van der Waals surface area (Å²) in [7, 11) is 5.48. The fourth-order valence-corrected chi connectivity index (χ4v) is 2.83. The summed E-state index contributed by atoms with van der Waals surface area (Å²) in [6.07, 6.45) is 1.60. The zero-order valence-corrected chi connectivity index (χ0v) is 16.4. The van der Waals surface area contributed by atoms with E-state index >= 15 is 0 Å². The first-order chi connectivity index (χ1) is 13.5. The van der Waals surface area contributed by atoms with Crippen LogP contribution >= 0.6 is 0 Å². The Morgan fingerprint density at radius 3 is 2.29 bits per heavy atom. The van der Waals surface area contributed by atoms with Gasteiger partial charge in [0.05, 0.1) is 18.4 Å². The van der Waals surface area contributed by atoms with Crippen LogP contribution in [0.1, 0.15) is 21.5 Å². The highest BCUT2D eigenvalue weighted by Crippen LogP contribution is 2.22. The molecule has 0 atom stereocenters. The minimum Gasteiger partial charge on any atom is -0.489 e. The average molecular weight is 376 g/mol. The van der Waals surface area contributed by atoms with Gasteiger partial charge in [0.1, 0.15) is 12.4 Å². The molecule has 0 bridgehead atoms. The third-order valence-corrected chi connectivity index (χ3v) is 4.26. The number of hydrogen-bond donors (Lipinski definition) is 0. The lowest BCUT2D eigenvalue weighted by molar-refractivity contribution is 0.0600. The van der Waals surface area contributed by atoms with Crippen LogP contribution in [0.4, 0.5) is 0 Å². The van der Waals surface area contributed by atoms with Gasteiger partial charge in [0.25, 0.3) is 0 Å². The van der Waals surface area contributed by atoms with Crippen LogP contribution in [0.25, 0.3) is 11.3 Å². The normalized spacial score (nSPS) is 10.7. The van der Waals surface area contributed by atoms with Gasteiger partial charge in [0.2, 0.25) is 0 Å². The number of methoxy groups -OCH3 is 1. The van der Waals surface area contributed by atoms with Gasteiger partial charge in [-0.2, -0.15) is 0 Å². The fourth-order valence-electron chi connectivity index (χ4n) is 2.83. The first kappa shape index (κ1) is 19.6. The summed E-state index contributed by atoms with van der Waals surface area (Å²) in [6, 6.07) is 19.5. The number of esters is 1. The highest BCUT2D eigenvalue weighted by atomic mass is 16.5. The number of hydrogen-bond acceptors (Lipinski definition) is 5. The van der Waals surface area contributed by atoms with E-state index in [0.717, 1.165) is 23.4 Å². The van der Waals surface area contributed by atoms with Gasteiger partial charge in [-0.1, -0.05) is 24.3 Å². The summed E-state index contributed by atoms with van der Waals surface area (Å²) in [6.45, 7) is 1.44. The van der Waals surface area contributed by atoms with E-state index in [4.69, 9.17) is 9.47 Å². The summed E-state index contributed by atoms with van der Waals surface area (Å²) in [5.74, 6) is 0.408. The molecule has 1 heterocycles. The Balaban J connectivity index is 1.62. The maximum Gasteiger partial charge on any atom is 0.337 e. The lowest BCUT2D eigenvalue weighted by Crippen LogP contribution is -2.10. The summed E-state index contributed by atoms with van der Waals surface area (Å²) < 4.78 is 10.6. The van der Waals surface area contributed by atoms with Crippen molar-refractivity contribution in [2.45, 2.75) is 13.2 Å². The topological polar surface area (TPSA) is 51.7 Å². The van der Waals surface area contributed by atoms with Gasteiger partial charge in [-0.05, 0) is 61.6 Å². The van der Waals surface area contributed by atoms with E-state index in [1.165, 1.54) is 12.7 Å². The Labute approximate surface area is 165 Å². The van der Waals surface area contributed by atoms with Crippen LogP contribution in [0.15, 0.2) is 66.9 Å². The zero-order chi connectivity index (χ0) is 19.9. The van der Waals surface area contributed by atoms with Crippen LogP contribution in [0.5, 0.6) is 5.75 Å². The van der Waals surface area contributed by atoms with Gasteiger partial charge < -0.3 is 14.4 Å². The van der Waals surface area contributed by atoms with E-state index in [2.05, 4.69) is 48.2 Å². The molecule has 0 aliphatic carbocycles. The Kier molecular flexibility index (Phi) is 6.40. The molecular formula is C23H24N2O3. The van der Waals surface area contributed by atoms with Gasteiger partial charge in [-0.25, -0.2) is 4.79 Å². The molecule has 0 fully saturated rings. The second-order valence-corrected chi connectivity index (χ2v) is 6.79. The lowest BCUT2D eigenvalue weighted by atomic mass is 10.1. The van der Waals surface area contributed by atoms with Crippen molar-refractivity contribution in [2.75, 3.05) is 21.2 Å². The van der Waals surface area contributed by atoms with Crippen molar-refractivity contribution < 1.29 is 14.3 Å². The second-order valence-electron chi connectivity index (χ2n) is 6.79. The predicted molar refractivity (Wildman–Crippen MR) is 109 cm³/mol. The molecule has 0 amide bonds. The highest BCUT2D eigenvalue weighted by molar-refractivity contribution is 5.90. The third-order valence-electron chi connectivity index (χ3n) is 4.26. The minimum absolute atomic E-state index is 0.375. The number of benzene rings is 2. The number of carbonyl (C=O) groups is 1. The van der Waals surface area contributed by atoms with Crippen molar-refractivity contribution >= 4 is 5.97 Å². The molecule has 3 aromatic rings. The molecule has 1 aromatic heterocycles. The molecule has 3 rings (SSSR count). The minimum atomic E-state index is -0.375. The number of ether oxygens (including phenoxy) is 2. The molecule has 0 unspecified atom stereocenters. The average Bonchev–Trinajstić information content (AvgIpc) is 2.73. The number of nitrogens with zero attached hydrogens (tertiary/aromatic N) is 2. The summed E-state index contributed by atoms with van der Waals surface area (Å²) in [4.78, 5) is 18.1. The quantitative estimate of drug-likeness (QED) is 0.579. The van der Waals surface area contributed by atoms with Gasteiger partial charge in [-0.3, -0.25) is 4.98 Å². The molecule has 0 spiro atoms. The molecule has 5 heteroatoms. The zero-order valence-electron chi connectivity index (χ0n) is 16.4. The maximum atomic E-state index is 11.7. The Morgan fingerprint density at radius 1 is 0.964 bits per heavy atom. The van der Waals surface area contributed by atoms with Crippen LogP contribution in [-0.4, -0.2) is 37.1 Å². The number of rotatable bonds is 7. The Morgan fingerprint density at radius 2 is 1.64 bits per heavy atom. The molecule has 0 saturated carbocycles. The van der Waals surface area contributed by atoms with E-state index < -0.39 is 0 Å². The first-order valence-corrected chi connectivity index (χ1v) is 9.05. The first-order valence-electron chi connectivity index (χ1n) is 9.05. The highest BCUT2D eigenvalue weighted by Gasteiger charge is 2.08. The van der Waals surface area contributed by atoms with Crippen molar-refractivity contribution in [1.29, 1.82) is 0 Å². The van der Waals surface area contributed by atoms with E-state index in [1.807, 2.05) is 24.3 Å². The van der Waals surface area contributed by atoms with Crippen molar-refractivity contribution in [3.8, 4) is 17.0 Å². The van der Waals surface area contributed by atoms with Gasteiger partial charge in [-0.15, -0.1) is 0 Å². The van der Waals surface area contributed by atoms with Gasteiger partial charge >= 0.3 is 5.97 Å². The predicted octanol–water partition coefficient (Wildman–Crippen LogP) is 4.18. The second kappa shape index (κ2) is 9.15. The van der Waals surface area contributed by atoms with Crippen LogP contribution in [0, 0.1) is 0 Å². The molecule has 0 aliphatic heterocycles. The summed E-state index contributed by atoms with van der Waals surface area (Å²) in [5, 5.41) is 0. The third kappa shape index (κ3) is 5.18. The van der Waals surface area contributed by atoms with E-state index in [9.17, 15) is 4.79 Å². The van der Waals surface area contributed by atoms with E-state index in [1.54, 1.807) is 18.3 Å². The number of aromatic nitrogens is 1. The summed E-state index contributed by atoms with van der Waals surface area (Å²) in [5.41, 5.74) is 4.50. The van der Waals surface area contributed by atoms with Crippen LogP contribution < -0.4 is 4.74 Å². The standard InChI is InChI=1S/C23H24N2O3/c1-25(2)15-17-4-6-18(7-5-17)16-28-21-10-8-19(9-11-21)22-14-20(12-13-24-22)23(26)27-3/h4-14H,15-16H2,1-3H3. The van der Waals surface area contributed by atoms with Crippen molar-refractivity contribution in [3.63, 3.8) is 0 Å². The van der Waals surface area contributed by atoms with Crippen LogP contribution in [-0.2, 0) is 17.9 Å². The smallest absolute Gasteiger partial charge is 0.337 e. The molecule has 0 saturated heterocycles. The van der Waals surface area contributed by atoms with E-state index in [0.29, 0.717) is 17.9 Å². The summed E-state index contributed by atoms with van der Waals surface area (Å²) >= 11 is 0. The monoisotopic (exact) mass is 376 g/mol. The maximum absolute atomic E-state index is 11.7. The van der Waals surface area contributed by atoms with Crippen molar-refractivity contribution in [1.82, 2.24) is 9.88 Å². The molecule has 5 nitrogen and oxygen atoms in total. The van der Waals surface area contributed by atoms with Crippen LogP contribution in [0.2, 0.25) is 0 Å². The fraction of sp³-hybridized carbons (Fsp3) is 0.217. The molecular weight excluding hydrogens is 352 g/mol.